The van der Waals surface area contributed by atoms with Crippen LogP contribution in [-0.2, 0) is 9.84 Å². The molecule has 0 unspecified atom stereocenters. The second kappa shape index (κ2) is 4.85. The van der Waals surface area contributed by atoms with E-state index in [1.165, 1.54) is 12.8 Å². The van der Waals surface area contributed by atoms with E-state index in [1.54, 1.807) is 12.1 Å². The summed E-state index contributed by atoms with van der Waals surface area (Å²) in [5.41, 5.74) is 0.854. The quantitative estimate of drug-likeness (QED) is 0.795. The Morgan fingerprint density at radius 2 is 1.95 bits per heavy atom. The van der Waals surface area contributed by atoms with Crippen molar-refractivity contribution in [2.24, 2.45) is 5.41 Å². The molecule has 1 aliphatic carbocycles. The molecule has 0 amide bonds. The normalized spacial score (nSPS) is 16.6. The third kappa shape index (κ3) is 3.04. The Labute approximate surface area is 134 Å². The molecule has 3 nitrogen and oxygen atoms in total. The fourth-order valence-electron chi connectivity index (χ4n) is 2.72. The molecule has 0 saturated heterocycles. The van der Waals surface area contributed by atoms with E-state index in [-0.39, 0.29) is 11.2 Å². The van der Waals surface area contributed by atoms with E-state index < -0.39 is 9.84 Å². The van der Waals surface area contributed by atoms with Crippen molar-refractivity contribution in [3.8, 4) is 0 Å². The van der Waals surface area contributed by atoms with Gasteiger partial charge in [0.2, 0.25) is 0 Å². The topological polar surface area (TPSA) is 39.1 Å². The highest BCUT2D eigenvalue weighted by molar-refractivity contribution is 9.10. The van der Waals surface area contributed by atoms with E-state index >= 15 is 0 Å². The summed E-state index contributed by atoms with van der Waals surface area (Å²) in [6.07, 6.45) is 4.48. The summed E-state index contributed by atoms with van der Waals surface area (Å²) in [5, 5.41) is 0.990. The van der Waals surface area contributed by atoms with Crippen LogP contribution in [0.25, 0.3) is 10.9 Å². The number of halogens is 1. The molecule has 1 heterocycles. The maximum absolute atomic E-state index is 12.6. The predicted molar refractivity (Wildman–Crippen MR) is 89.4 cm³/mol. The number of hydrogen-bond donors (Lipinski definition) is 0. The molecule has 2 aromatic rings. The van der Waals surface area contributed by atoms with Gasteiger partial charge in [0.25, 0.3) is 0 Å². The zero-order chi connectivity index (χ0) is 15.4. The van der Waals surface area contributed by atoms with Crippen molar-refractivity contribution < 1.29 is 8.42 Å². The molecule has 0 N–H and O–H groups in total. The maximum atomic E-state index is 12.6. The third-order valence-electron chi connectivity index (χ3n) is 3.66. The zero-order valence-corrected chi connectivity index (χ0v) is 15.0. The first kappa shape index (κ1) is 15.1. The van der Waals surface area contributed by atoms with Crippen LogP contribution >= 0.6 is 15.9 Å². The predicted octanol–water partition coefficient (Wildman–Crippen LogP) is 4.56. The van der Waals surface area contributed by atoms with Gasteiger partial charge in [0.05, 0.1) is 16.2 Å². The van der Waals surface area contributed by atoms with Crippen LogP contribution in [0.5, 0.6) is 0 Å². The minimum atomic E-state index is -3.27. The van der Waals surface area contributed by atoms with Crippen LogP contribution in [0.1, 0.15) is 39.7 Å². The van der Waals surface area contributed by atoms with Gasteiger partial charge in [-0.15, -0.1) is 0 Å². The number of fused-ring (bicyclic) bond motifs is 1. The van der Waals surface area contributed by atoms with Gasteiger partial charge in [-0.3, -0.25) is 0 Å². The van der Waals surface area contributed by atoms with Gasteiger partial charge in [-0.25, -0.2) is 8.42 Å². The Bertz CT molecular complexity index is 796. The molecule has 0 spiro atoms. The molecule has 3 rings (SSSR count). The van der Waals surface area contributed by atoms with E-state index in [2.05, 4.69) is 26.7 Å². The lowest BCUT2D eigenvalue weighted by Crippen LogP contribution is -2.20. The van der Waals surface area contributed by atoms with Crippen LogP contribution in [-0.4, -0.2) is 18.7 Å². The number of rotatable bonds is 3. The molecule has 1 aliphatic rings. The lowest BCUT2D eigenvalue weighted by molar-refractivity contribution is 0.462. The van der Waals surface area contributed by atoms with E-state index in [0.29, 0.717) is 10.9 Å². The molecular formula is C16H20BrNO2S. The van der Waals surface area contributed by atoms with Crippen LogP contribution in [0.3, 0.4) is 0 Å². The van der Waals surface area contributed by atoms with Crippen molar-refractivity contribution in [2.45, 2.75) is 44.6 Å². The molecule has 5 heteroatoms. The standard InChI is InChI=1S/C16H20BrNO2S/c1-16(2,3)10-21(19,20)13-8-11-6-7-18(12-4-5-12)15(11)14(17)9-13/h6-9,12H,4-5,10H2,1-3H3. The summed E-state index contributed by atoms with van der Waals surface area (Å²) in [6.45, 7) is 5.84. The van der Waals surface area contributed by atoms with Gasteiger partial charge in [-0.1, -0.05) is 20.8 Å². The van der Waals surface area contributed by atoms with Gasteiger partial charge in [0, 0.05) is 22.1 Å². The molecule has 21 heavy (non-hydrogen) atoms. The fourth-order valence-corrected chi connectivity index (χ4v) is 5.46. The summed E-state index contributed by atoms with van der Waals surface area (Å²) in [7, 11) is -3.27. The minimum absolute atomic E-state index is 0.154. The second-order valence-electron chi connectivity index (χ2n) is 7.12. The van der Waals surface area contributed by atoms with Crippen molar-refractivity contribution in [1.29, 1.82) is 0 Å². The average Bonchev–Trinajstić information content (AvgIpc) is 3.06. The first-order valence-corrected chi connectivity index (χ1v) is 9.65. The molecule has 0 radical (unpaired) electrons. The van der Waals surface area contributed by atoms with Crippen LogP contribution in [0.4, 0.5) is 0 Å². The monoisotopic (exact) mass is 369 g/mol. The summed E-state index contributed by atoms with van der Waals surface area (Å²) < 4.78 is 28.3. The van der Waals surface area contributed by atoms with Crippen molar-refractivity contribution in [3.63, 3.8) is 0 Å². The highest BCUT2D eigenvalue weighted by atomic mass is 79.9. The summed E-state index contributed by atoms with van der Waals surface area (Å²) in [6, 6.07) is 6.15. The minimum Gasteiger partial charge on any atom is -0.344 e. The van der Waals surface area contributed by atoms with Gasteiger partial charge >= 0.3 is 0 Å². The highest BCUT2D eigenvalue weighted by Gasteiger charge is 2.27. The molecule has 1 aromatic heterocycles. The largest absolute Gasteiger partial charge is 0.344 e. The molecule has 114 valence electrons. The number of hydrogen-bond acceptors (Lipinski definition) is 2. The van der Waals surface area contributed by atoms with Gasteiger partial charge < -0.3 is 4.57 Å². The van der Waals surface area contributed by atoms with Gasteiger partial charge in [0.1, 0.15) is 0 Å². The van der Waals surface area contributed by atoms with Crippen molar-refractivity contribution >= 4 is 36.7 Å². The maximum Gasteiger partial charge on any atom is 0.178 e. The number of sulfone groups is 1. The Morgan fingerprint density at radius 1 is 1.29 bits per heavy atom. The van der Waals surface area contributed by atoms with Crippen LogP contribution in [0.2, 0.25) is 0 Å². The Kier molecular flexibility index (Phi) is 3.49. The average molecular weight is 370 g/mol. The Hall–Kier alpha value is -0.810. The van der Waals surface area contributed by atoms with Crippen LogP contribution in [0, 0.1) is 5.41 Å². The molecule has 1 aromatic carbocycles. The first-order valence-electron chi connectivity index (χ1n) is 7.20. The van der Waals surface area contributed by atoms with E-state index in [1.807, 2.05) is 26.8 Å². The first-order chi connectivity index (χ1) is 9.67. The number of benzene rings is 1. The molecule has 1 fully saturated rings. The number of nitrogens with zero attached hydrogens (tertiary/aromatic N) is 1. The zero-order valence-electron chi connectivity index (χ0n) is 12.6. The van der Waals surface area contributed by atoms with Crippen LogP contribution in [0.15, 0.2) is 33.8 Å². The second-order valence-corrected chi connectivity index (χ2v) is 9.96. The summed E-state index contributed by atoms with van der Waals surface area (Å²) in [4.78, 5) is 0.408. The third-order valence-corrected chi connectivity index (χ3v) is 6.47. The van der Waals surface area contributed by atoms with E-state index in [9.17, 15) is 8.42 Å². The van der Waals surface area contributed by atoms with Gasteiger partial charge in [-0.2, -0.15) is 0 Å². The highest BCUT2D eigenvalue weighted by Crippen LogP contribution is 2.40. The molecular weight excluding hydrogens is 350 g/mol. The number of aromatic nitrogens is 1. The molecule has 0 atom stereocenters. The van der Waals surface area contributed by atoms with Gasteiger partial charge in [0.15, 0.2) is 9.84 Å². The molecule has 1 saturated carbocycles. The fraction of sp³-hybridized carbons (Fsp3) is 0.500. The van der Waals surface area contributed by atoms with E-state index in [4.69, 9.17) is 0 Å². The van der Waals surface area contributed by atoms with Crippen molar-refractivity contribution in [3.05, 3.63) is 28.9 Å². The van der Waals surface area contributed by atoms with Crippen molar-refractivity contribution in [2.75, 3.05) is 5.75 Å². The summed E-state index contributed by atoms with van der Waals surface area (Å²) in [5.74, 6) is 0.154. The summed E-state index contributed by atoms with van der Waals surface area (Å²) >= 11 is 3.56. The van der Waals surface area contributed by atoms with Crippen LogP contribution < -0.4 is 0 Å². The molecule has 0 aliphatic heterocycles. The lowest BCUT2D eigenvalue weighted by atomic mass is 10.0. The Morgan fingerprint density at radius 3 is 2.52 bits per heavy atom. The smallest absolute Gasteiger partial charge is 0.178 e. The Balaban J connectivity index is 2.09. The SMILES string of the molecule is CC(C)(C)CS(=O)(=O)c1cc(Br)c2c(ccn2C2CC2)c1. The van der Waals surface area contributed by atoms with E-state index in [0.717, 1.165) is 15.4 Å². The van der Waals surface area contributed by atoms with Crippen molar-refractivity contribution in [1.82, 2.24) is 4.57 Å². The lowest BCUT2D eigenvalue weighted by Gasteiger charge is -2.18. The molecule has 0 bridgehead atoms. The van der Waals surface area contributed by atoms with Gasteiger partial charge in [-0.05, 0) is 52.4 Å².